The number of hydrogen-bond donors (Lipinski definition) is 2. The first-order valence-electron chi connectivity index (χ1n) is 7.50. The lowest BCUT2D eigenvalue weighted by Gasteiger charge is -2.12. The molecule has 0 radical (unpaired) electrons. The number of nitrogens with zero attached hydrogens (tertiary/aromatic N) is 2. The molecule has 8 heteroatoms. The van der Waals surface area contributed by atoms with E-state index in [1.165, 1.54) is 24.3 Å². The van der Waals surface area contributed by atoms with E-state index in [1.807, 2.05) is 0 Å². The van der Waals surface area contributed by atoms with Crippen molar-refractivity contribution in [3.63, 3.8) is 0 Å². The van der Waals surface area contributed by atoms with Crippen molar-refractivity contribution < 1.29 is 29.6 Å². The Balaban J connectivity index is 2.19. The van der Waals surface area contributed by atoms with Gasteiger partial charge in [0.15, 0.2) is 0 Å². The van der Waals surface area contributed by atoms with Crippen LogP contribution < -0.4 is 0 Å². The molecule has 2 rings (SSSR count). The van der Waals surface area contributed by atoms with Gasteiger partial charge in [0.2, 0.25) is 11.8 Å². The van der Waals surface area contributed by atoms with Crippen LogP contribution in [0.15, 0.2) is 48.5 Å². The molecule has 0 saturated carbocycles. The number of rotatable bonds is 3. The summed E-state index contributed by atoms with van der Waals surface area (Å²) in [6.45, 7) is 2.13. The molecular formula is C18H16N2O6. The van der Waals surface area contributed by atoms with Gasteiger partial charge in [-0.3, -0.25) is 29.6 Å². The monoisotopic (exact) mass is 356 g/mol. The van der Waals surface area contributed by atoms with Gasteiger partial charge in [-0.05, 0) is 35.4 Å². The van der Waals surface area contributed by atoms with Crippen molar-refractivity contribution in [3.05, 3.63) is 59.7 Å². The number of amides is 4. The Hall–Kier alpha value is -3.36. The molecule has 0 atom stereocenters. The third-order valence-corrected chi connectivity index (χ3v) is 3.58. The highest BCUT2D eigenvalue weighted by Gasteiger charge is 2.18. The molecule has 8 nitrogen and oxygen atoms in total. The molecule has 0 aliphatic heterocycles. The van der Waals surface area contributed by atoms with E-state index >= 15 is 0 Å². The summed E-state index contributed by atoms with van der Waals surface area (Å²) in [5.74, 6) is -3.25. The van der Waals surface area contributed by atoms with Crippen LogP contribution in [-0.2, 0) is 9.59 Å². The minimum atomic E-state index is -0.836. The SMILES string of the molecule is CC(=O)N(O)C(=O)c1ccc(-c2ccc(C(=O)N(O)C(C)=O)cc2)cc1. The average Bonchev–Trinajstić information content (AvgIpc) is 2.65. The lowest BCUT2D eigenvalue weighted by molar-refractivity contribution is -0.151. The molecule has 0 saturated heterocycles. The molecule has 0 aliphatic carbocycles. The summed E-state index contributed by atoms with van der Waals surface area (Å²) in [7, 11) is 0. The summed E-state index contributed by atoms with van der Waals surface area (Å²) in [5, 5.41) is 18.8. The van der Waals surface area contributed by atoms with Gasteiger partial charge in [-0.15, -0.1) is 0 Å². The van der Waals surface area contributed by atoms with Crippen molar-refractivity contribution in [2.24, 2.45) is 0 Å². The molecule has 134 valence electrons. The molecular weight excluding hydrogens is 340 g/mol. The number of hydrogen-bond acceptors (Lipinski definition) is 6. The van der Waals surface area contributed by atoms with Gasteiger partial charge in [-0.2, -0.15) is 10.1 Å². The summed E-state index contributed by atoms with van der Waals surface area (Å²) >= 11 is 0. The zero-order valence-electron chi connectivity index (χ0n) is 14.0. The first kappa shape index (κ1) is 19.0. The van der Waals surface area contributed by atoms with Gasteiger partial charge in [0, 0.05) is 25.0 Å². The van der Waals surface area contributed by atoms with Crippen LogP contribution in [0.4, 0.5) is 0 Å². The van der Waals surface area contributed by atoms with E-state index in [4.69, 9.17) is 0 Å². The summed E-state index contributed by atoms with van der Waals surface area (Å²) in [6, 6.07) is 12.3. The number of imide groups is 2. The average molecular weight is 356 g/mol. The normalized spacial score (nSPS) is 10.2. The van der Waals surface area contributed by atoms with E-state index in [0.717, 1.165) is 25.0 Å². The second-order valence-corrected chi connectivity index (χ2v) is 5.43. The Bertz CT molecular complexity index is 785. The third kappa shape index (κ3) is 4.00. The van der Waals surface area contributed by atoms with E-state index in [0.29, 0.717) is 0 Å². The maximum absolute atomic E-state index is 11.8. The van der Waals surface area contributed by atoms with Crippen LogP contribution in [0.25, 0.3) is 11.1 Å². The molecule has 0 bridgehead atoms. The molecule has 0 unspecified atom stereocenters. The van der Waals surface area contributed by atoms with Crippen molar-refractivity contribution in [3.8, 4) is 11.1 Å². The second kappa shape index (κ2) is 7.68. The van der Waals surface area contributed by atoms with E-state index in [9.17, 15) is 29.6 Å². The highest BCUT2D eigenvalue weighted by atomic mass is 16.5. The zero-order valence-corrected chi connectivity index (χ0v) is 14.0. The number of carbonyl (C=O) groups is 4. The molecule has 26 heavy (non-hydrogen) atoms. The van der Waals surface area contributed by atoms with Crippen molar-refractivity contribution >= 4 is 23.6 Å². The Morgan fingerprint density at radius 2 is 0.885 bits per heavy atom. The maximum Gasteiger partial charge on any atom is 0.284 e. The van der Waals surface area contributed by atoms with E-state index in [-0.39, 0.29) is 21.3 Å². The summed E-state index contributed by atoms with van der Waals surface area (Å²) < 4.78 is 0. The molecule has 0 aromatic heterocycles. The Morgan fingerprint density at radius 3 is 1.12 bits per heavy atom. The fourth-order valence-corrected chi connectivity index (χ4v) is 2.14. The zero-order chi connectivity index (χ0) is 19.4. The lowest BCUT2D eigenvalue weighted by Crippen LogP contribution is -2.31. The minimum Gasteiger partial charge on any atom is -0.278 e. The fraction of sp³-hybridized carbons (Fsp3) is 0.111. The van der Waals surface area contributed by atoms with Crippen LogP contribution in [0, 0.1) is 0 Å². The van der Waals surface area contributed by atoms with E-state index < -0.39 is 23.6 Å². The molecule has 0 heterocycles. The maximum atomic E-state index is 11.8. The first-order valence-corrected chi connectivity index (χ1v) is 7.50. The Morgan fingerprint density at radius 1 is 0.615 bits per heavy atom. The largest absolute Gasteiger partial charge is 0.284 e. The van der Waals surface area contributed by atoms with Gasteiger partial charge in [0.1, 0.15) is 0 Å². The van der Waals surface area contributed by atoms with Crippen LogP contribution in [0.1, 0.15) is 34.6 Å². The predicted octanol–water partition coefficient (Wildman–Crippen LogP) is 2.11. The first-order chi connectivity index (χ1) is 12.2. The van der Waals surface area contributed by atoms with Crippen LogP contribution in [0.5, 0.6) is 0 Å². The Kier molecular flexibility index (Phi) is 5.61. The molecule has 0 aliphatic rings. The van der Waals surface area contributed by atoms with Crippen molar-refractivity contribution in [1.29, 1.82) is 0 Å². The predicted molar refractivity (Wildman–Crippen MR) is 89.2 cm³/mol. The minimum absolute atomic E-state index is 0.0328. The summed E-state index contributed by atoms with van der Waals surface area (Å²) in [4.78, 5) is 45.7. The molecule has 0 spiro atoms. The number of carbonyl (C=O) groups excluding carboxylic acids is 4. The highest BCUT2D eigenvalue weighted by molar-refractivity contribution is 6.03. The number of hydroxylamine groups is 4. The van der Waals surface area contributed by atoms with Crippen LogP contribution in [0.3, 0.4) is 0 Å². The van der Waals surface area contributed by atoms with Crippen molar-refractivity contribution in [2.75, 3.05) is 0 Å². The molecule has 4 amide bonds. The smallest absolute Gasteiger partial charge is 0.278 e. The van der Waals surface area contributed by atoms with Gasteiger partial charge in [-0.25, -0.2) is 0 Å². The van der Waals surface area contributed by atoms with Crippen LogP contribution in [0.2, 0.25) is 0 Å². The summed E-state index contributed by atoms with van der Waals surface area (Å²) in [6.07, 6.45) is 0. The topological polar surface area (TPSA) is 115 Å². The summed E-state index contributed by atoms with van der Waals surface area (Å²) in [5.41, 5.74) is 1.71. The van der Waals surface area contributed by atoms with E-state index in [2.05, 4.69) is 0 Å². The number of benzene rings is 2. The molecule has 2 aromatic rings. The van der Waals surface area contributed by atoms with Gasteiger partial charge in [0.25, 0.3) is 11.8 Å². The lowest BCUT2D eigenvalue weighted by atomic mass is 10.0. The van der Waals surface area contributed by atoms with Gasteiger partial charge in [0.05, 0.1) is 0 Å². The highest BCUT2D eigenvalue weighted by Crippen LogP contribution is 2.21. The van der Waals surface area contributed by atoms with Crippen molar-refractivity contribution in [1.82, 2.24) is 10.1 Å². The van der Waals surface area contributed by atoms with Crippen LogP contribution >= 0.6 is 0 Å². The van der Waals surface area contributed by atoms with Crippen molar-refractivity contribution in [2.45, 2.75) is 13.8 Å². The third-order valence-electron chi connectivity index (χ3n) is 3.58. The quantitative estimate of drug-likeness (QED) is 0.643. The van der Waals surface area contributed by atoms with Gasteiger partial charge in [-0.1, -0.05) is 24.3 Å². The van der Waals surface area contributed by atoms with E-state index in [1.54, 1.807) is 24.3 Å². The van der Waals surface area contributed by atoms with Gasteiger partial charge >= 0.3 is 0 Å². The Labute approximate surface area is 148 Å². The second-order valence-electron chi connectivity index (χ2n) is 5.43. The standard InChI is InChI=1S/C18H16N2O6/c1-11(21)19(25)17(23)15-7-3-13(4-8-15)14-5-9-16(10-6-14)18(24)20(26)12(2)22/h3-10,25-26H,1-2H3. The van der Waals surface area contributed by atoms with Gasteiger partial charge < -0.3 is 0 Å². The van der Waals surface area contributed by atoms with Crippen LogP contribution in [-0.4, -0.2) is 44.2 Å². The molecule has 2 N–H and O–H groups in total. The fourth-order valence-electron chi connectivity index (χ4n) is 2.14. The molecule has 0 fully saturated rings. The molecule has 2 aromatic carbocycles.